The van der Waals surface area contributed by atoms with Crippen molar-refractivity contribution >= 4 is 5.97 Å². The Bertz CT molecular complexity index is 866. The molecule has 24 heavy (non-hydrogen) atoms. The van der Waals surface area contributed by atoms with Crippen LogP contribution >= 0.6 is 0 Å². The van der Waals surface area contributed by atoms with E-state index in [1.54, 1.807) is 20.0 Å². The Morgan fingerprint density at radius 2 is 1.79 bits per heavy atom. The Morgan fingerprint density at radius 3 is 2.38 bits per heavy atom. The molecule has 0 amide bonds. The highest BCUT2D eigenvalue weighted by atomic mass is 19.4. The Kier molecular flexibility index (Phi) is 3.74. The number of ether oxygens (including phenoxy) is 1. The largest absolute Gasteiger partial charge is 0.426 e. The highest BCUT2D eigenvalue weighted by molar-refractivity contribution is 5.77. The second-order valence-electron chi connectivity index (χ2n) is 5.78. The Balaban J connectivity index is 2.12. The summed E-state index contributed by atoms with van der Waals surface area (Å²) in [5.74, 6) is -0.959. The number of pyridine rings is 1. The maximum Gasteiger partial charge on any atom is 0.416 e. The molecule has 2 heterocycles. The van der Waals surface area contributed by atoms with E-state index in [0.717, 1.165) is 12.1 Å². The summed E-state index contributed by atoms with van der Waals surface area (Å²) in [7, 11) is 1.60. The second-order valence-corrected chi connectivity index (χ2v) is 5.78. The van der Waals surface area contributed by atoms with Gasteiger partial charge in [-0.2, -0.15) is 13.2 Å². The smallest absolute Gasteiger partial charge is 0.416 e. The van der Waals surface area contributed by atoms with Crippen molar-refractivity contribution in [2.45, 2.75) is 25.4 Å². The average Bonchev–Trinajstić information content (AvgIpc) is 2.51. The summed E-state index contributed by atoms with van der Waals surface area (Å²) < 4.78 is 44.7. The first kappa shape index (κ1) is 16.3. The van der Waals surface area contributed by atoms with Crippen LogP contribution in [0.5, 0.6) is 5.75 Å². The second kappa shape index (κ2) is 5.51. The van der Waals surface area contributed by atoms with E-state index in [1.165, 1.54) is 16.7 Å². The van der Waals surface area contributed by atoms with Crippen LogP contribution in [0.2, 0.25) is 0 Å². The number of aryl methyl sites for hydroxylation is 1. The molecule has 1 aliphatic rings. The number of fused-ring (bicyclic) bond motifs is 1. The molecule has 126 valence electrons. The van der Waals surface area contributed by atoms with E-state index >= 15 is 0 Å². The minimum atomic E-state index is -4.44. The lowest BCUT2D eigenvalue weighted by molar-refractivity contribution is -0.138. The molecular weight excluding hydrogens is 323 g/mol. The van der Waals surface area contributed by atoms with Crippen molar-refractivity contribution < 1.29 is 22.7 Å². The minimum Gasteiger partial charge on any atom is -0.426 e. The maximum atomic E-state index is 12.7. The van der Waals surface area contributed by atoms with Crippen LogP contribution in [0.15, 0.2) is 35.1 Å². The number of benzene rings is 1. The molecule has 0 aliphatic carbocycles. The summed E-state index contributed by atoms with van der Waals surface area (Å²) in [4.78, 5) is 24.4. The van der Waals surface area contributed by atoms with Crippen molar-refractivity contribution in [1.82, 2.24) is 4.57 Å². The van der Waals surface area contributed by atoms with Crippen LogP contribution in [-0.4, -0.2) is 10.5 Å². The molecule has 0 fully saturated rings. The molecule has 0 saturated carbocycles. The lowest BCUT2D eigenvalue weighted by Gasteiger charge is -2.25. The third kappa shape index (κ3) is 2.70. The number of halogens is 3. The van der Waals surface area contributed by atoms with Crippen molar-refractivity contribution in [3.8, 4) is 5.75 Å². The topological polar surface area (TPSA) is 48.3 Å². The normalized spacial score (nSPS) is 17.4. The van der Waals surface area contributed by atoms with Crippen molar-refractivity contribution in [2.24, 2.45) is 7.05 Å². The molecule has 0 unspecified atom stereocenters. The fourth-order valence-electron chi connectivity index (χ4n) is 2.84. The van der Waals surface area contributed by atoms with E-state index in [1.807, 2.05) is 0 Å². The molecular formula is C17H14F3NO3. The van der Waals surface area contributed by atoms with E-state index in [-0.39, 0.29) is 17.7 Å². The van der Waals surface area contributed by atoms with Gasteiger partial charge in [0, 0.05) is 24.7 Å². The predicted octanol–water partition coefficient (Wildman–Crippen LogP) is 3.15. The molecule has 1 aromatic carbocycles. The van der Waals surface area contributed by atoms with Crippen LogP contribution in [-0.2, 0) is 18.0 Å². The number of aromatic nitrogens is 1. The first-order chi connectivity index (χ1) is 11.2. The van der Waals surface area contributed by atoms with Gasteiger partial charge in [-0.05, 0) is 24.6 Å². The molecule has 1 atom stereocenters. The molecule has 0 radical (unpaired) electrons. The highest BCUT2D eigenvalue weighted by Crippen LogP contribution is 2.38. The van der Waals surface area contributed by atoms with Crippen molar-refractivity contribution in [3.63, 3.8) is 0 Å². The highest BCUT2D eigenvalue weighted by Gasteiger charge is 2.34. The quantitative estimate of drug-likeness (QED) is 0.751. The van der Waals surface area contributed by atoms with Gasteiger partial charge in [0.2, 0.25) is 0 Å². The van der Waals surface area contributed by atoms with E-state index in [2.05, 4.69) is 0 Å². The number of esters is 1. The zero-order valence-corrected chi connectivity index (χ0v) is 13.0. The van der Waals surface area contributed by atoms with Crippen LogP contribution in [0.1, 0.15) is 34.7 Å². The van der Waals surface area contributed by atoms with Crippen molar-refractivity contribution in [1.29, 1.82) is 0 Å². The van der Waals surface area contributed by atoms with Gasteiger partial charge in [0.1, 0.15) is 5.75 Å². The SMILES string of the molecule is Cc1cc2c(c(=O)n1C)[C@@H](c1ccc(C(F)(F)F)cc1)CC(=O)O2. The molecule has 2 aromatic rings. The molecule has 0 saturated heterocycles. The van der Waals surface area contributed by atoms with E-state index in [4.69, 9.17) is 4.74 Å². The van der Waals surface area contributed by atoms with Gasteiger partial charge in [0.25, 0.3) is 5.56 Å². The molecule has 0 spiro atoms. The van der Waals surface area contributed by atoms with Crippen LogP contribution in [0, 0.1) is 6.92 Å². The van der Waals surface area contributed by atoms with E-state index in [0.29, 0.717) is 16.8 Å². The van der Waals surface area contributed by atoms with E-state index < -0.39 is 23.6 Å². The average molecular weight is 337 g/mol. The summed E-state index contributed by atoms with van der Waals surface area (Å²) in [6.07, 6.45) is -4.52. The fraction of sp³-hybridized carbons (Fsp3) is 0.294. The Labute approximate surface area is 135 Å². The monoisotopic (exact) mass is 337 g/mol. The Morgan fingerprint density at radius 1 is 1.17 bits per heavy atom. The van der Waals surface area contributed by atoms with Gasteiger partial charge >= 0.3 is 12.1 Å². The predicted molar refractivity (Wildman–Crippen MR) is 80.0 cm³/mol. The van der Waals surface area contributed by atoms with Gasteiger partial charge in [-0.25, -0.2) is 0 Å². The molecule has 1 aliphatic heterocycles. The number of carbonyl (C=O) groups excluding carboxylic acids is 1. The van der Waals surface area contributed by atoms with Gasteiger partial charge in [-0.15, -0.1) is 0 Å². The summed E-state index contributed by atoms with van der Waals surface area (Å²) >= 11 is 0. The molecule has 0 N–H and O–H groups in total. The summed E-state index contributed by atoms with van der Waals surface area (Å²) in [5.41, 5.74) is 0.299. The van der Waals surface area contributed by atoms with E-state index in [9.17, 15) is 22.8 Å². The van der Waals surface area contributed by atoms with Gasteiger partial charge < -0.3 is 9.30 Å². The number of nitrogens with zero attached hydrogens (tertiary/aromatic N) is 1. The van der Waals surface area contributed by atoms with Crippen LogP contribution in [0.4, 0.5) is 13.2 Å². The van der Waals surface area contributed by atoms with Gasteiger partial charge in [-0.3, -0.25) is 9.59 Å². The number of carbonyl (C=O) groups is 1. The lowest BCUT2D eigenvalue weighted by atomic mass is 9.86. The van der Waals surface area contributed by atoms with Crippen molar-refractivity contribution in [2.75, 3.05) is 0 Å². The van der Waals surface area contributed by atoms with Crippen LogP contribution in [0.25, 0.3) is 0 Å². The van der Waals surface area contributed by atoms with Crippen LogP contribution < -0.4 is 10.3 Å². The number of rotatable bonds is 1. The van der Waals surface area contributed by atoms with Gasteiger partial charge in [0.05, 0.1) is 17.5 Å². The third-order valence-electron chi connectivity index (χ3n) is 4.25. The summed E-state index contributed by atoms with van der Waals surface area (Å²) in [5, 5.41) is 0. The number of hydrogen-bond donors (Lipinski definition) is 0. The summed E-state index contributed by atoms with van der Waals surface area (Å²) in [6.45, 7) is 1.71. The molecule has 7 heteroatoms. The summed E-state index contributed by atoms with van der Waals surface area (Å²) in [6, 6.07) is 6.09. The number of hydrogen-bond acceptors (Lipinski definition) is 3. The molecule has 1 aromatic heterocycles. The van der Waals surface area contributed by atoms with Crippen molar-refractivity contribution in [3.05, 3.63) is 63.1 Å². The molecule has 4 nitrogen and oxygen atoms in total. The van der Waals surface area contributed by atoms with Gasteiger partial charge in [0.15, 0.2) is 0 Å². The minimum absolute atomic E-state index is 0.0866. The zero-order chi connectivity index (χ0) is 17.6. The molecule has 3 rings (SSSR count). The third-order valence-corrected chi connectivity index (χ3v) is 4.25. The standard InChI is InChI=1S/C17H14F3NO3/c1-9-7-13-15(16(23)21(9)2)12(8-14(22)24-13)10-3-5-11(6-4-10)17(18,19)20/h3-7,12H,8H2,1-2H3/t12-/m1/s1. The van der Waals surface area contributed by atoms with Crippen LogP contribution in [0.3, 0.4) is 0 Å². The van der Waals surface area contributed by atoms with Gasteiger partial charge in [-0.1, -0.05) is 12.1 Å². The maximum absolute atomic E-state index is 12.7. The lowest BCUT2D eigenvalue weighted by Crippen LogP contribution is -2.32. The Hall–Kier alpha value is -2.57. The molecule has 0 bridgehead atoms. The first-order valence-corrected chi connectivity index (χ1v) is 7.27. The number of alkyl halides is 3. The fourth-order valence-corrected chi connectivity index (χ4v) is 2.84. The zero-order valence-electron chi connectivity index (χ0n) is 13.0. The first-order valence-electron chi connectivity index (χ1n) is 7.27.